The zero-order valence-electron chi connectivity index (χ0n) is 10.6. The van der Waals surface area contributed by atoms with Crippen LogP contribution in [-0.4, -0.2) is 20.6 Å². The van der Waals surface area contributed by atoms with Gasteiger partial charge in [-0.2, -0.15) is 0 Å². The Bertz CT molecular complexity index is 357. The predicted octanol–water partition coefficient (Wildman–Crippen LogP) is 3.09. The van der Waals surface area contributed by atoms with E-state index >= 15 is 0 Å². The molecule has 0 bridgehead atoms. The molecular weight excluding hydrogens is 283 g/mol. The van der Waals surface area contributed by atoms with Crippen molar-refractivity contribution in [3.8, 4) is 0 Å². The number of rotatable bonds is 6. The van der Waals surface area contributed by atoms with Crippen molar-refractivity contribution in [3.05, 3.63) is 34.1 Å². The molecule has 96 valence electrons. The Kier molecular flexibility index (Phi) is 6.09. The second kappa shape index (κ2) is 7.09. The molecule has 0 fully saturated rings. The lowest BCUT2D eigenvalue weighted by molar-refractivity contribution is 0.350. The van der Waals surface area contributed by atoms with E-state index in [2.05, 4.69) is 33.5 Å². The van der Waals surface area contributed by atoms with Crippen LogP contribution in [0.3, 0.4) is 0 Å². The van der Waals surface area contributed by atoms with E-state index in [1.807, 2.05) is 20.2 Å². The van der Waals surface area contributed by atoms with Crippen LogP contribution in [0.5, 0.6) is 0 Å². The molecule has 2 unspecified atom stereocenters. The highest BCUT2D eigenvalue weighted by Crippen LogP contribution is 2.28. The Morgan fingerprint density at radius 2 is 2.06 bits per heavy atom. The zero-order chi connectivity index (χ0) is 12.8. The van der Waals surface area contributed by atoms with Gasteiger partial charge in [0.25, 0.3) is 0 Å². The molecule has 2 nitrogen and oxygen atoms in total. The summed E-state index contributed by atoms with van der Waals surface area (Å²) in [5.41, 5.74) is 0.726. The van der Waals surface area contributed by atoms with E-state index in [0.717, 1.165) is 23.0 Å². The van der Waals surface area contributed by atoms with E-state index in [1.165, 1.54) is 6.07 Å². The highest BCUT2D eigenvalue weighted by molar-refractivity contribution is 9.10. The van der Waals surface area contributed by atoms with Crippen molar-refractivity contribution in [2.75, 3.05) is 20.6 Å². The Balaban J connectivity index is 3.02. The number of benzene rings is 1. The van der Waals surface area contributed by atoms with Crippen LogP contribution in [0.15, 0.2) is 22.7 Å². The van der Waals surface area contributed by atoms with Crippen molar-refractivity contribution < 1.29 is 4.39 Å². The van der Waals surface area contributed by atoms with Gasteiger partial charge >= 0.3 is 0 Å². The van der Waals surface area contributed by atoms with Gasteiger partial charge in [0.05, 0.1) is 0 Å². The summed E-state index contributed by atoms with van der Waals surface area (Å²) in [6.07, 6.45) is 0.998. The normalized spacial score (nSPS) is 14.6. The Labute approximate surface area is 111 Å². The van der Waals surface area contributed by atoms with Gasteiger partial charge in [-0.3, -0.25) is 0 Å². The lowest BCUT2D eigenvalue weighted by atomic mass is 9.90. The van der Waals surface area contributed by atoms with Gasteiger partial charge in [0.1, 0.15) is 5.82 Å². The van der Waals surface area contributed by atoms with Gasteiger partial charge in [-0.05, 0) is 44.8 Å². The Hall–Kier alpha value is -0.450. The summed E-state index contributed by atoms with van der Waals surface area (Å²) in [5, 5.41) is 6.38. The van der Waals surface area contributed by atoms with E-state index < -0.39 is 0 Å². The predicted molar refractivity (Wildman–Crippen MR) is 73.6 cm³/mol. The maximum atomic E-state index is 13.9. The van der Waals surface area contributed by atoms with Crippen molar-refractivity contribution in [2.24, 2.45) is 5.92 Å². The summed E-state index contributed by atoms with van der Waals surface area (Å²) in [6, 6.07) is 5.12. The first kappa shape index (κ1) is 14.6. The van der Waals surface area contributed by atoms with Crippen LogP contribution in [-0.2, 0) is 0 Å². The van der Waals surface area contributed by atoms with E-state index in [1.54, 1.807) is 6.07 Å². The minimum atomic E-state index is -0.151. The summed E-state index contributed by atoms with van der Waals surface area (Å²) in [6.45, 7) is 3.00. The minimum absolute atomic E-state index is 0.0324. The van der Waals surface area contributed by atoms with Gasteiger partial charge in [0.2, 0.25) is 0 Å². The fourth-order valence-corrected chi connectivity index (χ4v) is 2.54. The molecule has 0 heterocycles. The molecule has 1 aromatic rings. The third kappa shape index (κ3) is 3.76. The van der Waals surface area contributed by atoms with Crippen molar-refractivity contribution in [1.29, 1.82) is 0 Å². The first-order valence-electron chi connectivity index (χ1n) is 5.90. The average Bonchev–Trinajstić information content (AvgIpc) is 2.33. The minimum Gasteiger partial charge on any atom is -0.319 e. The van der Waals surface area contributed by atoms with Gasteiger partial charge in [-0.15, -0.1) is 0 Å². The monoisotopic (exact) mass is 302 g/mol. The molecular formula is C13H20BrFN2. The standard InChI is InChI=1S/C13H20BrFN2/c1-4-9(8-16-2)13(17-3)11-7-10(14)5-6-12(11)15/h5-7,9,13,16-17H,4,8H2,1-3H3. The first-order chi connectivity index (χ1) is 8.13. The smallest absolute Gasteiger partial charge is 0.128 e. The lowest BCUT2D eigenvalue weighted by Gasteiger charge is -2.26. The van der Waals surface area contributed by atoms with Crippen LogP contribution in [0.1, 0.15) is 24.9 Å². The van der Waals surface area contributed by atoms with Crippen LogP contribution in [0.2, 0.25) is 0 Å². The molecule has 4 heteroatoms. The third-order valence-corrected chi connectivity index (χ3v) is 3.56. The molecule has 0 aliphatic heterocycles. The van der Waals surface area contributed by atoms with Crippen LogP contribution in [0.4, 0.5) is 4.39 Å². The molecule has 0 aliphatic carbocycles. The average molecular weight is 303 g/mol. The first-order valence-corrected chi connectivity index (χ1v) is 6.70. The molecule has 2 atom stereocenters. The van der Waals surface area contributed by atoms with Gasteiger partial charge < -0.3 is 10.6 Å². The van der Waals surface area contributed by atoms with Crippen molar-refractivity contribution >= 4 is 15.9 Å². The van der Waals surface area contributed by atoms with E-state index in [0.29, 0.717) is 5.92 Å². The topological polar surface area (TPSA) is 24.1 Å². The number of nitrogens with one attached hydrogen (secondary N) is 2. The SMILES string of the molecule is CCC(CNC)C(NC)c1cc(Br)ccc1F. The second-order valence-electron chi connectivity index (χ2n) is 4.16. The molecule has 1 aromatic carbocycles. The number of halogens is 2. The maximum absolute atomic E-state index is 13.9. The summed E-state index contributed by atoms with van der Waals surface area (Å²) in [7, 11) is 3.80. The molecule has 0 saturated heterocycles. The second-order valence-corrected chi connectivity index (χ2v) is 5.07. The molecule has 0 amide bonds. The Morgan fingerprint density at radius 3 is 2.59 bits per heavy atom. The molecule has 0 radical (unpaired) electrons. The molecule has 0 aromatic heterocycles. The van der Waals surface area contributed by atoms with Crippen molar-refractivity contribution in [2.45, 2.75) is 19.4 Å². The van der Waals surface area contributed by atoms with Gasteiger partial charge in [0.15, 0.2) is 0 Å². The lowest BCUT2D eigenvalue weighted by Crippen LogP contribution is -2.32. The fourth-order valence-electron chi connectivity index (χ4n) is 2.16. The van der Waals surface area contributed by atoms with E-state index in [4.69, 9.17) is 0 Å². The van der Waals surface area contributed by atoms with E-state index in [-0.39, 0.29) is 11.9 Å². The Morgan fingerprint density at radius 1 is 1.35 bits per heavy atom. The summed E-state index contributed by atoms with van der Waals surface area (Å²) in [4.78, 5) is 0. The highest BCUT2D eigenvalue weighted by atomic mass is 79.9. The van der Waals surface area contributed by atoms with Crippen LogP contribution in [0, 0.1) is 11.7 Å². The van der Waals surface area contributed by atoms with Crippen LogP contribution >= 0.6 is 15.9 Å². The summed E-state index contributed by atoms with van der Waals surface area (Å²) in [5.74, 6) is 0.218. The van der Waals surface area contributed by atoms with Crippen molar-refractivity contribution in [1.82, 2.24) is 10.6 Å². The van der Waals surface area contributed by atoms with Gasteiger partial charge in [-0.1, -0.05) is 29.3 Å². The molecule has 0 spiro atoms. The maximum Gasteiger partial charge on any atom is 0.128 e. The van der Waals surface area contributed by atoms with Gasteiger partial charge in [0, 0.05) is 16.1 Å². The zero-order valence-corrected chi connectivity index (χ0v) is 12.1. The van der Waals surface area contributed by atoms with Crippen LogP contribution in [0.25, 0.3) is 0 Å². The van der Waals surface area contributed by atoms with Crippen molar-refractivity contribution in [3.63, 3.8) is 0 Å². The molecule has 17 heavy (non-hydrogen) atoms. The fraction of sp³-hybridized carbons (Fsp3) is 0.538. The quantitative estimate of drug-likeness (QED) is 0.844. The number of hydrogen-bond acceptors (Lipinski definition) is 2. The number of hydrogen-bond donors (Lipinski definition) is 2. The summed E-state index contributed by atoms with van der Waals surface area (Å²) >= 11 is 3.39. The molecule has 0 saturated carbocycles. The molecule has 2 N–H and O–H groups in total. The molecule has 0 aliphatic rings. The largest absolute Gasteiger partial charge is 0.319 e. The summed E-state index contributed by atoms with van der Waals surface area (Å²) < 4.78 is 14.8. The van der Waals surface area contributed by atoms with Crippen LogP contribution < -0.4 is 10.6 Å². The van der Waals surface area contributed by atoms with Gasteiger partial charge in [-0.25, -0.2) is 4.39 Å². The highest BCUT2D eigenvalue weighted by Gasteiger charge is 2.22. The van der Waals surface area contributed by atoms with E-state index in [9.17, 15) is 4.39 Å². The third-order valence-electron chi connectivity index (χ3n) is 3.07. The molecule has 1 rings (SSSR count).